The zero-order chi connectivity index (χ0) is 49.7. The molecule has 408 valence electrons. The van der Waals surface area contributed by atoms with Crippen molar-refractivity contribution in [2.45, 2.75) is 341 Å². The molecule has 1 aliphatic rings. The number of cyclic esters (lactones) is 2. The molecular weight excluding hydrogens is 853 g/mol. The maximum absolute atomic E-state index is 12.5. The molecule has 1 rings (SSSR count). The lowest BCUT2D eigenvalue weighted by Crippen LogP contribution is -2.40. The van der Waals surface area contributed by atoms with Crippen LogP contribution in [-0.2, 0) is 19.1 Å². The summed E-state index contributed by atoms with van der Waals surface area (Å²) in [7, 11) is 0. The zero-order valence-corrected chi connectivity index (χ0v) is 46.4. The second-order valence-corrected chi connectivity index (χ2v) is 22.4. The molecule has 0 bridgehead atoms. The van der Waals surface area contributed by atoms with Crippen LogP contribution in [0.5, 0.6) is 0 Å². The molecule has 0 radical (unpaired) electrons. The summed E-state index contributed by atoms with van der Waals surface area (Å²) in [6.45, 7) is 1.19. The van der Waals surface area contributed by atoms with Gasteiger partial charge in [0.1, 0.15) is 13.2 Å². The van der Waals surface area contributed by atoms with Gasteiger partial charge in [0.15, 0.2) is 0 Å². The molecule has 6 nitrogen and oxygen atoms in total. The van der Waals surface area contributed by atoms with Crippen molar-refractivity contribution in [3.63, 3.8) is 0 Å². The Bertz CT molecular complexity index is 1090. The van der Waals surface area contributed by atoms with E-state index in [-0.39, 0.29) is 19.6 Å². The van der Waals surface area contributed by atoms with Crippen molar-refractivity contribution in [2.75, 3.05) is 26.4 Å². The second-order valence-electron chi connectivity index (χ2n) is 22.4. The van der Waals surface area contributed by atoms with Crippen LogP contribution >= 0.6 is 0 Å². The number of rotatable bonds is 54. The van der Waals surface area contributed by atoms with Gasteiger partial charge in [0.25, 0.3) is 0 Å². The first-order valence-corrected chi connectivity index (χ1v) is 31.3. The molecule has 0 aromatic carbocycles. The lowest BCUT2D eigenvalue weighted by Gasteiger charge is -2.27. The van der Waals surface area contributed by atoms with Crippen LogP contribution in [-0.4, -0.2) is 48.6 Å². The van der Waals surface area contributed by atoms with Crippen LogP contribution < -0.4 is 0 Å². The van der Waals surface area contributed by atoms with Gasteiger partial charge in [-0.25, -0.2) is 0 Å². The first-order chi connectivity index (χ1) is 34.1. The first-order valence-electron chi connectivity index (χ1n) is 31.3. The van der Waals surface area contributed by atoms with Crippen molar-refractivity contribution in [2.24, 2.45) is 11.3 Å². The van der Waals surface area contributed by atoms with Crippen molar-refractivity contribution in [1.82, 2.24) is 0 Å². The predicted octanol–water partition coefficient (Wildman–Crippen LogP) is 19.5. The Balaban J connectivity index is 1.69. The van der Waals surface area contributed by atoms with Crippen molar-refractivity contribution in [1.29, 1.82) is 0 Å². The van der Waals surface area contributed by atoms with E-state index in [2.05, 4.69) is 19.1 Å². The molecule has 0 aromatic rings. The van der Waals surface area contributed by atoms with Crippen LogP contribution in [0.1, 0.15) is 341 Å². The summed E-state index contributed by atoms with van der Waals surface area (Å²) < 4.78 is 10.6. The van der Waals surface area contributed by atoms with E-state index in [4.69, 9.17) is 9.47 Å². The van der Waals surface area contributed by atoms with E-state index >= 15 is 0 Å². The van der Waals surface area contributed by atoms with Gasteiger partial charge in [-0.15, -0.1) is 0 Å². The van der Waals surface area contributed by atoms with Crippen LogP contribution in [0.4, 0.5) is 0 Å². The number of allylic oxidation sites excluding steroid dienone is 2. The molecule has 1 heterocycles. The number of ether oxygens (including phenoxy) is 2. The molecular formula is C63H120O6. The Morgan fingerprint density at radius 1 is 0.377 bits per heavy atom. The van der Waals surface area contributed by atoms with Crippen LogP contribution in [0.25, 0.3) is 0 Å². The molecule has 1 unspecified atom stereocenters. The Kier molecular flexibility index (Phi) is 50.3. The second kappa shape index (κ2) is 52.9. The lowest BCUT2D eigenvalue weighted by molar-refractivity contribution is -0.155. The van der Waals surface area contributed by atoms with E-state index in [9.17, 15) is 19.8 Å². The van der Waals surface area contributed by atoms with Gasteiger partial charge in [0.05, 0.1) is 31.0 Å². The van der Waals surface area contributed by atoms with Gasteiger partial charge in [-0.1, -0.05) is 314 Å². The number of hydrogen-bond donors (Lipinski definition) is 2. The van der Waals surface area contributed by atoms with E-state index in [0.717, 1.165) is 25.7 Å². The molecule has 0 aromatic heterocycles. The third-order valence-corrected chi connectivity index (χ3v) is 15.5. The summed E-state index contributed by atoms with van der Waals surface area (Å²) >= 11 is 0. The van der Waals surface area contributed by atoms with Crippen molar-refractivity contribution < 1.29 is 29.3 Å². The smallest absolute Gasteiger partial charge is 0.309 e. The Morgan fingerprint density at radius 2 is 0.623 bits per heavy atom. The molecule has 2 N–H and O–H groups in total. The quantitative estimate of drug-likeness (QED) is 0.0358. The fourth-order valence-corrected chi connectivity index (χ4v) is 10.4. The minimum atomic E-state index is -1.13. The lowest BCUT2D eigenvalue weighted by atomic mass is 9.92. The molecule has 6 heteroatoms. The summed E-state index contributed by atoms with van der Waals surface area (Å²) in [5, 5.41) is 19.2. The van der Waals surface area contributed by atoms with E-state index in [1.165, 1.54) is 295 Å². The molecule has 1 atom stereocenters. The summed E-state index contributed by atoms with van der Waals surface area (Å²) in [5.41, 5.74) is -1.13. The van der Waals surface area contributed by atoms with Gasteiger partial charge in [-0.3, -0.25) is 9.59 Å². The number of carbonyl (C=O) groups excluding carboxylic acids is 2. The van der Waals surface area contributed by atoms with Gasteiger partial charge in [-0.05, 0) is 32.1 Å². The monoisotopic (exact) mass is 973 g/mol. The Morgan fingerprint density at radius 3 is 0.899 bits per heavy atom. The molecule has 69 heavy (non-hydrogen) atoms. The molecule has 1 fully saturated rings. The summed E-state index contributed by atoms with van der Waals surface area (Å²) in [6, 6.07) is 0. The molecule has 0 aliphatic carbocycles. The van der Waals surface area contributed by atoms with Crippen LogP contribution in [0, 0.1) is 11.3 Å². The maximum atomic E-state index is 12.5. The van der Waals surface area contributed by atoms with Crippen LogP contribution in [0.15, 0.2) is 12.2 Å². The highest BCUT2D eigenvalue weighted by molar-refractivity contribution is 5.80. The number of carbonyl (C=O) groups is 2. The fourth-order valence-electron chi connectivity index (χ4n) is 10.4. The highest BCUT2D eigenvalue weighted by Crippen LogP contribution is 2.25. The largest absolute Gasteiger partial charge is 0.465 e. The standard InChI is InChI=1S/C63H120O6/c1-2-3-4-5-6-7-8-9-10-11-12-13-14-15-16-17-18-19-20-21-22-23-24-25-26-27-28-29-30-31-32-33-34-35-36-37-38-39-40-41-42-43-44-45-46-47-48-49-50-51-52-53-54-60-55-61(66)68-58-63(56-64,57-65)59-69-62(60)67/h46-47,60,64-65H,2-45,48-59H2,1H3/b47-46+. The molecule has 0 spiro atoms. The molecule has 0 amide bonds. The highest BCUT2D eigenvalue weighted by Gasteiger charge is 2.36. The van der Waals surface area contributed by atoms with Gasteiger partial charge in [0.2, 0.25) is 0 Å². The van der Waals surface area contributed by atoms with E-state index in [1.807, 2.05) is 0 Å². The summed E-state index contributed by atoms with van der Waals surface area (Å²) in [5.74, 6) is -1.42. The van der Waals surface area contributed by atoms with Crippen molar-refractivity contribution in [3.05, 3.63) is 12.2 Å². The van der Waals surface area contributed by atoms with Crippen LogP contribution in [0.3, 0.4) is 0 Å². The minimum absolute atomic E-state index is 0.00357. The number of hydrogen-bond acceptors (Lipinski definition) is 6. The average Bonchev–Trinajstić information content (AvgIpc) is 3.41. The minimum Gasteiger partial charge on any atom is -0.465 e. The Hall–Kier alpha value is -1.40. The van der Waals surface area contributed by atoms with Crippen molar-refractivity contribution >= 4 is 11.9 Å². The van der Waals surface area contributed by atoms with Gasteiger partial charge >= 0.3 is 11.9 Å². The number of unbranched alkanes of at least 4 members (excludes halogenated alkanes) is 48. The third kappa shape index (κ3) is 45.0. The maximum Gasteiger partial charge on any atom is 0.309 e. The summed E-state index contributed by atoms with van der Waals surface area (Å²) in [6.07, 6.45) is 75.7. The van der Waals surface area contributed by atoms with E-state index in [0.29, 0.717) is 6.42 Å². The number of aliphatic hydroxyl groups excluding tert-OH is 2. The normalized spacial score (nSPS) is 15.4. The number of esters is 2. The highest BCUT2D eigenvalue weighted by atomic mass is 16.6. The average molecular weight is 974 g/mol. The van der Waals surface area contributed by atoms with Gasteiger partial charge < -0.3 is 19.7 Å². The van der Waals surface area contributed by atoms with E-state index in [1.54, 1.807) is 0 Å². The third-order valence-electron chi connectivity index (χ3n) is 15.5. The summed E-state index contributed by atoms with van der Waals surface area (Å²) in [4.78, 5) is 24.7. The van der Waals surface area contributed by atoms with Crippen molar-refractivity contribution in [3.8, 4) is 0 Å². The van der Waals surface area contributed by atoms with Gasteiger partial charge in [0, 0.05) is 0 Å². The zero-order valence-electron chi connectivity index (χ0n) is 46.4. The van der Waals surface area contributed by atoms with Gasteiger partial charge in [-0.2, -0.15) is 0 Å². The fraction of sp³-hybridized carbons (Fsp3) is 0.937. The first kappa shape index (κ1) is 65.6. The molecule has 0 saturated carbocycles. The SMILES string of the molecule is CCCCCCCCCCCCCCCCCCCCCCCCCCCCCCCCCCCCCCCCCCCCC/C=C/CCCCCCCC1CC(=O)OCC(CO)(CO)COC1=O. The predicted molar refractivity (Wildman–Crippen MR) is 297 cm³/mol. The Labute approximate surface area is 430 Å². The topological polar surface area (TPSA) is 93.1 Å². The van der Waals surface area contributed by atoms with Crippen LogP contribution in [0.2, 0.25) is 0 Å². The molecule has 1 saturated heterocycles. The van der Waals surface area contributed by atoms with E-state index < -0.39 is 36.5 Å². The molecule has 1 aliphatic heterocycles. The number of aliphatic hydroxyl groups is 2.